The van der Waals surface area contributed by atoms with Crippen molar-refractivity contribution in [1.29, 1.82) is 0 Å². The number of carbonyl (C=O) groups is 2. The van der Waals surface area contributed by atoms with Gasteiger partial charge in [-0.05, 0) is 23.1 Å². The Labute approximate surface area is 137 Å². The highest BCUT2D eigenvalue weighted by molar-refractivity contribution is 7.09. The Morgan fingerprint density at radius 3 is 2.87 bits per heavy atom. The Hall–Kier alpha value is -2.41. The highest BCUT2D eigenvalue weighted by atomic mass is 32.1. The van der Waals surface area contributed by atoms with Gasteiger partial charge in [0, 0.05) is 36.3 Å². The SMILES string of the molecule is O=C(O)[C@@H]1CN(C(=O)NCc2cccs2)C[C@H]1c1cccnc1. The minimum atomic E-state index is -0.882. The number of carboxylic acid groups (broad SMARTS) is 1. The van der Waals surface area contributed by atoms with E-state index in [1.165, 1.54) is 0 Å². The maximum atomic E-state index is 12.3. The molecule has 120 valence electrons. The molecule has 2 amide bonds. The average Bonchev–Trinajstić information content (AvgIpc) is 3.23. The number of carboxylic acids is 1. The van der Waals surface area contributed by atoms with Crippen LogP contribution in [0, 0.1) is 5.92 Å². The number of rotatable bonds is 4. The molecule has 0 bridgehead atoms. The molecule has 7 heteroatoms. The molecular formula is C16H17N3O3S. The van der Waals surface area contributed by atoms with E-state index in [1.807, 2.05) is 23.6 Å². The van der Waals surface area contributed by atoms with Gasteiger partial charge in [0.15, 0.2) is 0 Å². The van der Waals surface area contributed by atoms with Crippen LogP contribution in [-0.2, 0) is 11.3 Å². The minimum Gasteiger partial charge on any atom is -0.481 e. The number of nitrogens with zero attached hydrogens (tertiary/aromatic N) is 2. The first kappa shape index (κ1) is 15.5. The molecule has 6 nitrogen and oxygen atoms in total. The first-order chi connectivity index (χ1) is 11.1. The molecule has 0 radical (unpaired) electrons. The van der Waals surface area contributed by atoms with Gasteiger partial charge in [0.25, 0.3) is 0 Å². The molecule has 0 aromatic carbocycles. The van der Waals surface area contributed by atoms with Gasteiger partial charge in [-0.1, -0.05) is 12.1 Å². The standard InChI is InChI=1S/C16H17N3O3S/c20-15(21)14-10-19(9-13(14)11-3-1-5-17-7-11)16(22)18-8-12-4-2-6-23-12/h1-7,13-14H,8-10H2,(H,18,22)(H,20,21)/t13-,14+/m0/s1. The molecule has 1 aliphatic rings. The second-order valence-electron chi connectivity index (χ2n) is 5.48. The Kier molecular flexibility index (Phi) is 4.57. The number of urea groups is 1. The summed E-state index contributed by atoms with van der Waals surface area (Å²) in [4.78, 5) is 30.5. The van der Waals surface area contributed by atoms with Gasteiger partial charge in [-0.15, -0.1) is 11.3 Å². The third-order valence-electron chi connectivity index (χ3n) is 4.03. The summed E-state index contributed by atoms with van der Waals surface area (Å²) in [5.41, 5.74) is 0.855. The van der Waals surface area contributed by atoms with Crippen molar-refractivity contribution in [2.45, 2.75) is 12.5 Å². The van der Waals surface area contributed by atoms with Crippen LogP contribution < -0.4 is 5.32 Å². The lowest BCUT2D eigenvalue weighted by molar-refractivity contribution is -0.141. The van der Waals surface area contributed by atoms with Crippen LogP contribution in [0.25, 0.3) is 0 Å². The fraction of sp³-hybridized carbons (Fsp3) is 0.312. The Bertz CT molecular complexity index is 675. The average molecular weight is 331 g/mol. The first-order valence-corrected chi connectivity index (χ1v) is 8.21. The van der Waals surface area contributed by atoms with Crippen LogP contribution in [0.4, 0.5) is 4.79 Å². The van der Waals surface area contributed by atoms with E-state index in [-0.39, 0.29) is 18.5 Å². The van der Waals surface area contributed by atoms with E-state index < -0.39 is 11.9 Å². The maximum absolute atomic E-state index is 12.3. The molecule has 2 N–H and O–H groups in total. The summed E-state index contributed by atoms with van der Waals surface area (Å²) in [5.74, 6) is -1.72. The number of aromatic nitrogens is 1. The second-order valence-corrected chi connectivity index (χ2v) is 6.51. The maximum Gasteiger partial charge on any atom is 0.317 e. The van der Waals surface area contributed by atoms with Crippen LogP contribution >= 0.6 is 11.3 Å². The molecule has 3 rings (SSSR count). The van der Waals surface area contributed by atoms with Crippen molar-refractivity contribution >= 4 is 23.3 Å². The Balaban J connectivity index is 1.67. The molecular weight excluding hydrogens is 314 g/mol. The number of carbonyl (C=O) groups excluding carboxylic acids is 1. The highest BCUT2D eigenvalue weighted by Gasteiger charge is 2.40. The normalized spacial score (nSPS) is 20.4. The zero-order chi connectivity index (χ0) is 16.2. The van der Waals surface area contributed by atoms with Crippen LogP contribution in [0.2, 0.25) is 0 Å². The topological polar surface area (TPSA) is 82.5 Å². The van der Waals surface area contributed by atoms with Gasteiger partial charge in [0.2, 0.25) is 0 Å². The van der Waals surface area contributed by atoms with Gasteiger partial charge in [-0.25, -0.2) is 4.79 Å². The molecule has 1 fully saturated rings. The predicted octanol–water partition coefficient (Wildman–Crippen LogP) is 2.15. The van der Waals surface area contributed by atoms with Crippen LogP contribution in [0.5, 0.6) is 0 Å². The van der Waals surface area contributed by atoms with E-state index in [2.05, 4.69) is 10.3 Å². The number of nitrogens with one attached hydrogen (secondary N) is 1. The number of thiophene rings is 1. The predicted molar refractivity (Wildman–Crippen MR) is 86.2 cm³/mol. The molecule has 0 spiro atoms. The molecule has 2 atom stereocenters. The summed E-state index contributed by atoms with van der Waals surface area (Å²) in [7, 11) is 0. The van der Waals surface area contributed by atoms with Crippen LogP contribution in [0.1, 0.15) is 16.4 Å². The molecule has 3 heterocycles. The number of pyridine rings is 1. The van der Waals surface area contributed by atoms with Crippen molar-refractivity contribution in [2.24, 2.45) is 5.92 Å². The second kappa shape index (κ2) is 6.78. The molecule has 2 aromatic rings. The third kappa shape index (κ3) is 3.50. The first-order valence-electron chi connectivity index (χ1n) is 7.33. The number of amides is 2. The van der Waals surface area contributed by atoms with Gasteiger partial charge in [0.1, 0.15) is 0 Å². The molecule has 0 aliphatic carbocycles. The highest BCUT2D eigenvalue weighted by Crippen LogP contribution is 2.32. The molecule has 1 aliphatic heterocycles. The zero-order valence-electron chi connectivity index (χ0n) is 12.4. The van der Waals surface area contributed by atoms with Crippen molar-refractivity contribution in [1.82, 2.24) is 15.2 Å². The third-order valence-corrected chi connectivity index (χ3v) is 4.91. The summed E-state index contributed by atoms with van der Waals surface area (Å²) in [5, 5.41) is 14.2. The number of likely N-dealkylation sites (tertiary alicyclic amines) is 1. The van der Waals surface area contributed by atoms with E-state index in [1.54, 1.807) is 34.7 Å². The fourth-order valence-electron chi connectivity index (χ4n) is 2.84. The summed E-state index contributed by atoms with van der Waals surface area (Å²) in [6.45, 7) is 1.06. The monoisotopic (exact) mass is 331 g/mol. The van der Waals surface area contributed by atoms with E-state index in [4.69, 9.17) is 0 Å². The molecule has 2 aromatic heterocycles. The van der Waals surface area contributed by atoms with Crippen molar-refractivity contribution in [3.05, 3.63) is 52.5 Å². The Morgan fingerprint density at radius 2 is 2.22 bits per heavy atom. The molecule has 1 saturated heterocycles. The fourth-order valence-corrected chi connectivity index (χ4v) is 3.49. The van der Waals surface area contributed by atoms with E-state index in [9.17, 15) is 14.7 Å². The van der Waals surface area contributed by atoms with Gasteiger partial charge in [-0.2, -0.15) is 0 Å². The lowest BCUT2D eigenvalue weighted by atomic mass is 9.90. The van der Waals surface area contributed by atoms with Gasteiger partial charge in [0.05, 0.1) is 12.5 Å². The van der Waals surface area contributed by atoms with Crippen molar-refractivity contribution in [2.75, 3.05) is 13.1 Å². The van der Waals surface area contributed by atoms with Crippen molar-refractivity contribution < 1.29 is 14.7 Å². The van der Waals surface area contributed by atoms with Crippen LogP contribution in [0.3, 0.4) is 0 Å². The summed E-state index contributed by atoms with van der Waals surface area (Å²) in [6.07, 6.45) is 3.33. The summed E-state index contributed by atoms with van der Waals surface area (Å²) in [6, 6.07) is 7.30. The molecule has 0 unspecified atom stereocenters. The number of aliphatic carboxylic acids is 1. The van der Waals surface area contributed by atoms with Crippen LogP contribution in [-0.4, -0.2) is 40.1 Å². The number of hydrogen-bond donors (Lipinski definition) is 2. The molecule has 23 heavy (non-hydrogen) atoms. The summed E-state index contributed by atoms with van der Waals surface area (Å²) >= 11 is 1.57. The smallest absolute Gasteiger partial charge is 0.317 e. The summed E-state index contributed by atoms with van der Waals surface area (Å²) < 4.78 is 0. The largest absolute Gasteiger partial charge is 0.481 e. The van der Waals surface area contributed by atoms with Crippen molar-refractivity contribution in [3.63, 3.8) is 0 Å². The van der Waals surface area contributed by atoms with Gasteiger partial charge in [-0.3, -0.25) is 9.78 Å². The lowest BCUT2D eigenvalue weighted by Gasteiger charge is -2.17. The quantitative estimate of drug-likeness (QED) is 0.899. The lowest BCUT2D eigenvalue weighted by Crippen LogP contribution is -2.38. The van der Waals surface area contributed by atoms with E-state index >= 15 is 0 Å². The zero-order valence-corrected chi connectivity index (χ0v) is 13.2. The van der Waals surface area contributed by atoms with Crippen molar-refractivity contribution in [3.8, 4) is 0 Å². The van der Waals surface area contributed by atoms with Gasteiger partial charge < -0.3 is 15.3 Å². The molecule has 0 saturated carbocycles. The van der Waals surface area contributed by atoms with Gasteiger partial charge >= 0.3 is 12.0 Å². The minimum absolute atomic E-state index is 0.213. The Morgan fingerprint density at radius 1 is 1.35 bits per heavy atom. The van der Waals surface area contributed by atoms with E-state index in [0.29, 0.717) is 13.1 Å². The van der Waals surface area contributed by atoms with Crippen LogP contribution in [0.15, 0.2) is 42.0 Å². The van der Waals surface area contributed by atoms with E-state index in [0.717, 1.165) is 10.4 Å². The number of hydrogen-bond acceptors (Lipinski definition) is 4.